The summed E-state index contributed by atoms with van der Waals surface area (Å²) >= 11 is 0. The summed E-state index contributed by atoms with van der Waals surface area (Å²) in [5.74, 6) is -0.203. The number of alkyl halides is 6. The molecule has 0 spiro atoms. The molecule has 1 aromatic rings. The average Bonchev–Trinajstić information content (AvgIpc) is 3.20. The van der Waals surface area contributed by atoms with E-state index in [2.05, 4.69) is 10.6 Å². The lowest BCUT2D eigenvalue weighted by atomic mass is 10.1. The van der Waals surface area contributed by atoms with Crippen molar-refractivity contribution in [3.05, 3.63) is 29.3 Å². The van der Waals surface area contributed by atoms with Gasteiger partial charge in [-0.05, 0) is 43.5 Å². The Balaban J connectivity index is 2.10. The zero-order valence-corrected chi connectivity index (χ0v) is 11.8. The first-order chi connectivity index (χ1) is 10.6. The van der Waals surface area contributed by atoms with Gasteiger partial charge in [-0.2, -0.15) is 26.3 Å². The van der Waals surface area contributed by atoms with Gasteiger partial charge >= 0.3 is 12.4 Å². The van der Waals surface area contributed by atoms with E-state index < -0.39 is 35.1 Å². The standard InChI is InChI=1S/C14H14F6N2O/c15-13(16,17)9-3-10(14(18,19)20)5-11(4-9)22-12(23)7-21-6-8-1-2-8/h3-5,8,21H,1-2,6-7H2,(H,22,23). The van der Waals surface area contributed by atoms with Crippen molar-refractivity contribution in [1.82, 2.24) is 5.32 Å². The first kappa shape index (κ1) is 17.6. The largest absolute Gasteiger partial charge is 0.416 e. The minimum absolute atomic E-state index is 0.0149. The zero-order chi connectivity index (χ0) is 17.3. The molecule has 0 saturated heterocycles. The number of hydrogen-bond donors (Lipinski definition) is 2. The lowest BCUT2D eigenvalue weighted by molar-refractivity contribution is -0.143. The van der Waals surface area contributed by atoms with Gasteiger partial charge in [-0.1, -0.05) is 0 Å². The summed E-state index contributed by atoms with van der Waals surface area (Å²) < 4.78 is 76.1. The van der Waals surface area contributed by atoms with E-state index in [0.717, 1.165) is 12.8 Å². The normalized spacial score (nSPS) is 15.6. The van der Waals surface area contributed by atoms with Gasteiger partial charge in [0.2, 0.25) is 5.91 Å². The molecule has 1 amide bonds. The molecule has 2 rings (SSSR count). The van der Waals surface area contributed by atoms with Crippen LogP contribution in [-0.4, -0.2) is 19.0 Å². The molecule has 0 atom stereocenters. The summed E-state index contributed by atoms with van der Waals surface area (Å²) in [4.78, 5) is 11.6. The second-order valence-electron chi connectivity index (χ2n) is 5.42. The third-order valence-electron chi connectivity index (χ3n) is 3.29. The van der Waals surface area contributed by atoms with Crippen LogP contribution in [0.5, 0.6) is 0 Å². The molecule has 1 aliphatic carbocycles. The van der Waals surface area contributed by atoms with Crippen LogP contribution in [-0.2, 0) is 17.1 Å². The highest BCUT2D eigenvalue weighted by Gasteiger charge is 2.37. The topological polar surface area (TPSA) is 41.1 Å². The molecular formula is C14H14F6N2O. The summed E-state index contributed by atoms with van der Waals surface area (Å²) in [6.45, 7) is 0.428. The third kappa shape index (κ3) is 5.42. The molecular weight excluding hydrogens is 326 g/mol. The van der Waals surface area contributed by atoms with E-state index in [4.69, 9.17) is 0 Å². The van der Waals surface area contributed by atoms with Gasteiger partial charge in [-0.3, -0.25) is 4.79 Å². The number of rotatable bonds is 5. The fourth-order valence-electron chi connectivity index (χ4n) is 1.94. The molecule has 1 aliphatic rings. The Morgan fingerprint density at radius 2 is 1.52 bits per heavy atom. The van der Waals surface area contributed by atoms with Crippen molar-refractivity contribution >= 4 is 11.6 Å². The van der Waals surface area contributed by atoms with Crippen LogP contribution in [0.1, 0.15) is 24.0 Å². The van der Waals surface area contributed by atoms with Crippen LogP contribution in [0.15, 0.2) is 18.2 Å². The zero-order valence-electron chi connectivity index (χ0n) is 11.8. The van der Waals surface area contributed by atoms with Gasteiger partial charge in [-0.15, -0.1) is 0 Å². The van der Waals surface area contributed by atoms with Crippen molar-refractivity contribution in [1.29, 1.82) is 0 Å². The number of amides is 1. The molecule has 0 aromatic heterocycles. The molecule has 1 saturated carbocycles. The van der Waals surface area contributed by atoms with E-state index in [9.17, 15) is 31.1 Å². The molecule has 0 aliphatic heterocycles. The molecule has 0 unspecified atom stereocenters. The maximum Gasteiger partial charge on any atom is 0.416 e. The molecule has 0 bridgehead atoms. The van der Waals surface area contributed by atoms with Crippen molar-refractivity contribution in [3.8, 4) is 0 Å². The Bertz CT molecular complexity index is 545. The van der Waals surface area contributed by atoms with Crippen molar-refractivity contribution in [3.63, 3.8) is 0 Å². The molecule has 2 N–H and O–H groups in total. The number of halogens is 6. The number of benzene rings is 1. The maximum atomic E-state index is 12.7. The Labute approximate surface area is 128 Å². The highest BCUT2D eigenvalue weighted by molar-refractivity contribution is 5.92. The average molecular weight is 340 g/mol. The van der Waals surface area contributed by atoms with Gasteiger partial charge in [0, 0.05) is 5.69 Å². The predicted molar refractivity (Wildman–Crippen MR) is 70.7 cm³/mol. The fraction of sp³-hybridized carbons (Fsp3) is 0.500. The Morgan fingerprint density at radius 1 is 1.00 bits per heavy atom. The first-order valence-electron chi connectivity index (χ1n) is 6.86. The van der Waals surface area contributed by atoms with E-state index in [1.165, 1.54) is 0 Å². The summed E-state index contributed by atoms with van der Waals surface area (Å²) in [7, 11) is 0. The monoisotopic (exact) mass is 340 g/mol. The molecule has 0 radical (unpaired) electrons. The SMILES string of the molecule is O=C(CNCC1CC1)Nc1cc(C(F)(F)F)cc(C(F)(F)F)c1. The number of carbonyl (C=O) groups is 1. The third-order valence-corrected chi connectivity index (χ3v) is 3.29. The van der Waals surface area contributed by atoms with Crippen molar-refractivity contribution in [2.45, 2.75) is 25.2 Å². The van der Waals surface area contributed by atoms with Gasteiger partial charge in [0.05, 0.1) is 17.7 Å². The van der Waals surface area contributed by atoms with Crippen LogP contribution < -0.4 is 10.6 Å². The minimum Gasteiger partial charge on any atom is -0.325 e. The van der Waals surface area contributed by atoms with Crippen molar-refractivity contribution in [2.24, 2.45) is 5.92 Å². The predicted octanol–water partition coefficient (Wildman–Crippen LogP) is 3.66. The first-order valence-corrected chi connectivity index (χ1v) is 6.86. The molecule has 1 fully saturated rings. The molecule has 23 heavy (non-hydrogen) atoms. The van der Waals surface area contributed by atoms with E-state index in [0.29, 0.717) is 24.6 Å². The number of anilines is 1. The summed E-state index contributed by atoms with van der Waals surface area (Å²) in [5, 5.41) is 4.86. The van der Waals surface area contributed by atoms with Gasteiger partial charge in [0.25, 0.3) is 0 Å². The fourth-order valence-corrected chi connectivity index (χ4v) is 1.94. The van der Waals surface area contributed by atoms with Crippen LogP contribution in [0.3, 0.4) is 0 Å². The lowest BCUT2D eigenvalue weighted by Gasteiger charge is -2.15. The van der Waals surface area contributed by atoms with Crippen LogP contribution in [0.4, 0.5) is 32.0 Å². The minimum atomic E-state index is -4.94. The summed E-state index contributed by atoms with van der Waals surface area (Å²) in [6, 6.07) is 0.975. The second kappa shape index (κ2) is 6.38. The Morgan fingerprint density at radius 3 is 1.96 bits per heavy atom. The quantitative estimate of drug-likeness (QED) is 0.803. The molecule has 128 valence electrons. The van der Waals surface area contributed by atoms with Gasteiger partial charge in [0.15, 0.2) is 0 Å². The van der Waals surface area contributed by atoms with Gasteiger partial charge in [0.1, 0.15) is 0 Å². The van der Waals surface area contributed by atoms with E-state index in [1.807, 2.05) is 0 Å². The van der Waals surface area contributed by atoms with Gasteiger partial charge < -0.3 is 10.6 Å². The van der Waals surface area contributed by atoms with Crippen LogP contribution >= 0.6 is 0 Å². The molecule has 9 heteroatoms. The summed E-state index contributed by atoms with van der Waals surface area (Å²) in [5.41, 5.74) is -3.47. The van der Waals surface area contributed by atoms with E-state index in [-0.39, 0.29) is 12.6 Å². The number of carbonyl (C=O) groups excluding carboxylic acids is 1. The highest BCUT2D eigenvalue weighted by Crippen LogP contribution is 2.37. The van der Waals surface area contributed by atoms with Crippen LogP contribution in [0.2, 0.25) is 0 Å². The summed E-state index contributed by atoms with van der Waals surface area (Å²) in [6.07, 6.45) is -7.77. The molecule has 3 nitrogen and oxygen atoms in total. The Kier molecular flexibility index (Phi) is 4.88. The number of nitrogens with one attached hydrogen (secondary N) is 2. The van der Waals surface area contributed by atoms with Crippen molar-refractivity contribution < 1.29 is 31.1 Å². The van der Waals surface area contributed by atoms with E-state index in [1.54, 1.807) is 0 Å². The number of hydrogen-bond acceptors (Lipinski definition) is 2. The van der Waals surface area contributed by atoms with Crippen LogP contribution in [0.25, 0.3) is 0 Å². The lowest BCUT2D eigenvalue weighted by Crippen LogP contribution is -2.29. The Hall–Kier alpha value is -1.77. The highest BCUT2D eigenvalue weighted by atomic mass is 19.4. The van der Waals surface area contributed by atoms with Crippen LogP contribution in [0, 0.1) is 5.92 Å². The smallest absolute Gasteiger partial charge is 0.325 e. The van der Waals surface area contributed by atoms with Crippen molar-refractivity contribution in [2.75, 3.05) is 18.4 Å². The molecule has 0 heterocycles. The second-order valence-corrected chi connectivity index (χ2v) is 5.42. The molecule has 1 aromatic carbocycles. The maximum absolute atomic E-state index is 12.7. The van der Waals surface area contributed by atoms with Gasteiger partial charge in [-0.25, -0.2) is 0 Å². The van der Waals surface area contributed by atoms with E-state index >= 15 is 0 Å².